The van der Waals surface area contributed by atoms with Gasteiger partial charge in [0.15, 0.2) is 0 Å². The molecule has 20 heavy (non-hydrogen) atoms. The van der Waals surface area contributed by atoms with E-state index in [-0.39, 0.29) is 11.8 Å². The van der Waals surface area contributed by atoms with Gasteiger partial charge in [-0.2, -0.15) is 11.3 Å². The molecule has 2 unspecified atom stereocenters. The van der Waals surface area contributed by atoms with Gasteiger partial charge >= 0.3 is 0 Å². The smallest absolute Gasteiger partial charge is 0.250 e. The van der Waals surface area contributed by atoms with Gasteiger partial charge in [0.1, 0.15) is 12.1 Å². The summed E-state index contributed by atoms with van der Waals surface area (Å²) >= 11 is 1.51. The van der Waals surface area contributed by atoms with Crippen molar-refractivity contribution in [2.75, 3.05) is 4.90 Å². The number of thiophene rings is 1. The number of hydrogen-bond donors (Lipinski definition) is 1. The molecule has 1 aliphatic rings. The molecule has 0 aliphatic carbocycles. The highest BCUT2D eigenvalue weighted by atomic mass is 32.1. The third-order valence-corrected chi connectivity index (χ3v) is 4.04. The lowest BCUT2D eigenvalue weighted by atomic mass is 9.99. The van der Waals surface area contributed by atoms with Gasteiger partial charge in [-0.15, -0.1) is 0 Å². The van der Waals surface area contributed by atoms with Crippen molar-refractivity contribution < 1.29 is 9.59 Å². The van der Waals surface area contributed by atoms with Crippen LogP contribution in [0.3, 0.4) is 0 Å². The molecule has 0 radical (unpaired) electrons. The monoisotopic (exact) mass is 286 g/mol. The summed E-state index contributed by atoms with van der Waals surface area (Å²) < 4.78 is 0. The van der Waals surface area contributed by atoms with E-state index >= 15 is 0 Å². The van der Waals surface area contributed by atoms with Crippen LogP contribution in [-0.4, -0.2) is 17.9 Å². The van der Waals surface area contributed by atoms with Gasteiger partial charge in [-0.1, -0.05) is 30.3 Å². The Balaban J connectivity index is 2.08. The molecule has 1 aromatic carbocycles. The van der Waals surface area contributed by atoms with Crippen molar-refractivity contribution in [2.24, 2.45) is 0 Å². The molecule has 1 aliphatic heterocycles. The molecule has 2 atom stereocenters. The number of rotatable bonds is 2. The van der Waals surface area contributed by atoms with Crippen LogP contribution in [-0.2, 0) is 9.59 Å². The quantitative estimate of drug-likeness (QED) is 0.921. The van der Waals surface area contributed by atoms with E-state index in [0.717, 1.165) is 11.3 Å². The zero-order chi connectivity index (χ0) is 14.1. The first-order valence-electron chi connectivity index (χ1n) is 6.39. The Bertz CT molecular complexity index is 625. The Morgan fingerprint density at radius 3 is 2.55 bits per heavy atom. The molecular weight excluding hydrogens is 272 g/mol. The summed E-state index contributed by atoms with van der Waals surface area (Å²) in [5.41, 5.74) is 1.59. The second kappa shape index (κ2) is 5.09. The fourth-order valence-corrected chi connectivity index (χ4v) is 3.04. The lowest BCUT2D eigenvalue weighted by Gasteiger charge is -2.37. The fourth-order valence-electron chi connectivity index (χ4n) is 2.41. The van der Waals surface area contributed by atoms with Gasteiger partial charge in [-0.25, -0.2) is 0 Å². The molecule has 3 rings (SSSR count). The van der Waals surface area contributed by atoms with Gasteiger partial charge in [0, 0.05) is 5.38 Å². The van der Waals surface area contributed by atoms with Crippen LogP contribution in [0.5, 0.6) is 0 Å². The number of piperazine rings is 1. The fraction of sp³-hybridized carbons (Fsp3) is 0.200. The summed E-state index contributed by atoms with van der Waals surface area (Å²) in [6, 6.07) is 10.1. The minimum absolute atomic E-state index is 0.0862. The van der Waals surface area contributed by atoms with E-state index in [1.54, 1.807) is 11.8 Å². The molecule has 0 saturated carbocycles. The van der Waals surface area contributed by atoms with Crippen molar-refractivity contribution in [3.63, 3.8) is 0 Å². The molecule has 1 N–H and O–H groups in total. The predicted octanol–water partition coefficient (Wildman–Crippen LogP) is 2.34. The van der Waals surface area contributed by atoms with Crippen molar-refractivity contribution in [1.29, 1.82) is 0 Å². The molecule has 2 heterocycles. The maximum absolute atomic E-state index is 12.5. The Kier molecular flexibility index (Phi) is 3.28. The van der Waals surface area contributed by atoms with E-state index in [1.807, 2.05) is 47.2 Å². The lowest BCUT2D eigenvalue weighted by Crippen LogP contribution is -2.58. The molecule has 1 saturated heterocycles. The Morgan fingerprint density at radius 2 is 1.90 bits per heavy atom. The number of hydrogen-bond acceptors (Lipinski definition) is 3. The van der Waals surface area contributed by atoms with Gasteiger partial charge in [-0.05, 0) is 23.9 Å². The predicted molar refractivity (Wildman–Crippen MR) is 78.6 cm³/mol. The maximum Gasteiger partial charge on any atom is 0.250 e. The molecule has 0 bridgehead atoms. The minimum Gasteiger partial charge on any atom is -0.342 e. The van der Waals surface area contributed by atoms with Crippen molar-refractivity contribution in [3.8, 4) is 0 Å². The summed E-state index contributed by atoms with van der Waals surface area (Å²) in [6.45, 7) is 1.71. The zero-order valence-electron chi connectivity index (χ0n) is 10.9. The normalized spacial score (nSPS) is 22.8. The second-order valence-corrected chi connectivity index (χ2v) is 5.51. The van der Waals surface area contributed by atoms with Crippen molar-refractivity contribution >= 4 is 28.8 Å². The Labute approximate surface area is 121 Å². The van der Waals surface area contributed by atoms with Crippen LogP contribution < -0.4 is 10.2 Å². The lowest BCUT2D eigenvalue weighted by molar-refractivity contribution is -0.133. The molecule has 2 aromatic rings. The van der Waals surface area contributed by atoms with E-state index in [9.17, 15) is 9.59 Å². The van der Waals surface area contributed by atoms with E-state index in [0.29, 0.717) is 0 Å². The Morgan fingerprint density at radius 1 is 1.15 bits per heavy atom. The second-order valence-electron chi connectivity index (χ2n) is 4.73. The largest absolute Gasteiger partial charge is 0.342 e. The molecule has 5 heteroatoms. The average Bonchev–Trinajstić information content (AvgIpc) is 2.97. The van der Waals surface area contributed by atoms with E-state index < -0.39 is 12.1 Å². The van der Waals surface area contributed by atoms with Crippen LogP contribution in [0.4, 0.5) is 5.69 Å². The number of carbonyl (C=O) groups excluding carboxylic acids is 2. The highest BCUT2D eigenvalue weighted by Gasteiger charge is 2.40. The summed E-state index contributed by atoms with van der Waals surface area (Å²) in [5.74, 6) is -0.230. The highest BCUT2D eigenvalue weighted by Crippen LogP contribution is 2.32. The van der Waals surface area contributed by atoms with Gasteiger partial charge in [-0.3, -0.25) is 14.5 Å². The summed E-state index contributed by atoms with van der Waals surface area (Å²) in [4.78, 5) is 26.4. The van der Waals surface area contributed by atoms with Crippen molar-refractivity contribution in [2.45, 2.75) is 19.0 Å². The van der Waals surface area contributed by atoms with Gasteiger partial charge < -0.3 is 5.32 Å². The number of amides is 2. The number of anilines is 1. The summed E-state index contributed by atoms with van der Waals surface area (Å²) in [6.07, 6.45) is 0. The van der Waals surface area contributed by atoms with Gasteiger partial charge in [0.2, 0.25) is 11.8 Å². The van der Waals surface area contributed by atoms with Gasteiger partial charge in [0.25, 0.3) is 0 Å². The van der Waals surface area contributed by atoms with Crippen molar-refractivity contribution in [3.05, 3.63) is 52.7 Å². The molecule has 0 spiro atoms. The molecule has 1 aromatic heterocycles. The number of carbonyl (C=O) groups is 2. The van der Waals surface area contributed by atoms with Crippen LogP contribution in [0.15, 0.2) is 47.2 Å². The standard InChI is InChI=1S/C15H14N2O2S/c1-10-15(19)17(12-7-8-20-9-12)13(14(18)16-10)11-5-3-2-4-6-11/h2-10,13H,1H3,(H,16,18). The van der Waals surface area contributed by atoms with Crippen LogP contribution in [0.2, 0.25) is 0 Å². The molecule has 102 valence electrons. The maximum atomic E-state index is 12.5. The number of benzene rings is 1. The van der Waals surface area contributed by atoms with Crippen LogP contribution in [0.25, 0.3) is 0 Å². The molecule has 4 nitrogen and oxygen atoms in total. The van der Waals surface area contributed by atoms with Gasteiger partial charge in [0.05, 0.1) is 5.69 Å². The number of nitrogens with one attached hydrogen (secondary N) is 1. The first-order valence-corrected chi connectivity index (χ1v) is 7.33. The summed E-state index contributed by atoms with van der Waals surface area (Å²) in [7, 11) is 0. The summed E-state index contributed by atoms with van der Waals surface area (Å²) in [5, 5.41) is 6.54. The van der Waals surface area contributed by atoms with Crippen LogP contribution in [0, 0.1) is 0 Å². The van der Waals surface area contributed by atoms with E-state index in [4.69, 9.17) is 0 Å². The zero-order valence-corrected chi connectivity index (χ0v) is 11.8. The SMILES string of the molecule is CC1NC(=O)C(c2ccccc2)N(c2ccsc2)C1=O. The average molecular weight is 286 g/mol. The molecule has 1 fully saturated rings. The van der Waals surface area contributed by atoms with E-state index in [2.05, 4.69) is 5.32 Å². The van der Waals surface area contributed by atoms with Crippen molar-refractivity contribution in [1.82, 2.24) is 5.32 Å². The first kappa shape index (κ1) is 12.9. The molecule has 2 amide bonds. The first-order chi connectivity index (χ1) is 9.68. The molecular formula is C15H14N2O2S. The Hall–Kier alpha value is -2.14. The highest BCUT2D eigenvalue weighted by molar-refractivity contribution is 7.08. The third kappa shape index (κ3) is 2.10. The third-order valence-electron chi connectivity index (χ3n) is 3.37. The topological polar surface area (TPSA) is 49.4 Å². The van der Waals surface area contributed by atoms with Crippen LogP contribution >= 0.6 is 11.3 Å². The van der Waals surface area contributed by atoms with E-state index in [1.165, 1.54) is 11.3 Å². The minimum atomic E-state index is -0.602. The number of nitrogens with zero attached hydrogens (tertiary/aromatic N) is 1. The van der Waals surface area contributed by atoms with Crippen LogP contribution in [0.1, 0.15) is 18.5 Å².